The molecule has 1 heterocycles. The van der Waals surface area contributed by atoms with Crippen LogP contribution in [-0.2, 0) is 6.42 Å². The third-order valence-corrected chi connectivity index (χ3v) is 4.84. The molecule has 5 nitrogen and oxygen atoms in total. The third kappa shape index (κ3) is 4.21. The SMILES string of the molecule is CCc1nc(NC(CC)CC)c(OC)nc1-c1cc(Cl)c(OC)cc1C. The Morgan fingerprint density at radius 3 is 2.31 bits per heavy atom. The van der Waals surface area contributed by atoms with Crippen LogP contribution in [0.15, 0.2) is 12.1 Å². The zero-order valence-electron chi connectivity index (χ0n) is 16.4. The molecular weight excluding hydrogens is 350 g/mol. The van der Waals surface area contributed by atoms with Crippen LogP contribution in [0.2, 0.25) is 5.02 Å². The van der Waals surface area contributed by atoms with E-state index in [4.69, 9.17) is 31.0 Å². The van der Waals surface area contributed by atoms with Gasteiger partial charge in [-0.25, -0.2) is 9.97 Å². The number of rotatable bonds is 8. The van der Waals surface area contributed by atoms with Gasteiger partial charge >= 0.3 is 0 Å². The molecule has 2 rings (SSSR count). The van der Waals surface area contributed by atoms with Crippen LogP contribution in [0.5, 0.6) is 11.6 Å². The lowest BCUT2D eigenvalue weighted by Crippen LogP contribution is -2.19. The van der Waals surface area contributed by atoms with Crippen LogP contribution in [0.3, 0.4) is 0 Å². The maximum absolute atomic E-state index is 6.34. The maximum Gasteiger partial charge on any atom is 0.257 e. The summed E-state index contributed by atoms with van der Waals surface area (Å²) in [7, 11) is 3.23. The van der Waals surface area contributed by atoms with Crippen molar-refractivity contribution in [1.29, 1.82) is 0 Å². The number of halogens is 1. The predicted octanol–water partition coefficient (Wildman–Crippen LogP) is 5.29. The number of benzene rings is 1. The van der Waals surface area contributed by atoms with Crippen molar-refractivity contribution in [1.82, 2.24) is 9.97 Å². The zero-order valence-corrected chi connectivity index (χ0v) is 17.2. The number of nitrogens with zero attached hydrogens (tertiary/aromatic N) is 2. The Balaban J connectivity index is 2.58. The average Bonchev–Trinajstić information content (AvgIpc) is 2.66. The van der Waals surface area contributed by atoms with Crippen LogP contribution in [0.25, 0.3) is 11.3 Å². The Kier molecular flexibility index (Phi) is 7.09. The summed E-state index contributed by atoms with van der Waals surface area (Å²) in [6, 6.07) is 4.14. The molecule has 0 aliphatic carbocycles. The second-order valence-electron chi connectivity index (χ2n) is 6.19. The van der Waals surface area contributed by atoms with E-state index in [1.807, 2.05) is 19.1 Å². The van der Waals surface area contributed by atoms with Gasteiger partial charge in [0.15, 0.2) is 5.82 Å². The second-order valence-corrected chi connectivity index (χ2v) is 6.60. The molecule has 0 bridgehead atoms. The van der Waals surface area contributed by atoms with Crippen molar-refractivity contribution < 1.29 is 9.47 Å². The summed E-state index contributed by atoms with van der Waals surface area (Å²) < 4.78 is 10.8. The van der Waals surface area contributed by atoms with Gasteiger partial charge in [0.05, 0.1) is 30.6 Å². The van der Waals surface area contributed by atoms with E-state index < -0.39 is 0 Å². The molecule has 0 amide bonds. The van der Waals surface area contributed by atoms with Gasteiger partial charge in [0, 0.05) is 11.6 Å². The lowest BCUT2D eigenvalue weighted by molar-refractivity contribution is 0.397. The van der Waals surface area contributed by atoms with Crippen molar-refractivity contribution in [2.45, 2.75) is 53.0 Å². The van der Waals surface area contributed by atoms with Crippen molar-refractivity contribution >= 4 is 17.4 Å². The highest BCUT2D eigenvalue weighted by molar-refractivity contribution is 6.32. The second kappa shape index (κ2) is 9.08. The molecule has 142 valence electrons. The van der Waals surface area contributed by atoms with Gasteiger partial charge in [-0.1, -0.05) is 32.4 Å². The third-order valence-electron chi connectivity index (χ3n) is 4.54. The molecule has 6 heteroatoms. The summed E-state index contributed by atoms with van der Waals surface area (Å²) in [5.41, 5.74) is 3.66. The topological polar surface area (TPSA) is 56.3 Å². The number of aromatic nitrogens is 2. The van der Waals surface area contributed by atoms with Gasteiger partial charge < -0.3 is 14.8 Å². The fourth-order valence-electron chi connectivity index (χ4n) is 2.91. The zero-order chi connectivity index (χ0) is 19.3. The molecule has 0 spiro atoms. The Morgan fingerprint density at radius 1 is 1.08 bits per heavy atom. The Bertz CT molecular complexity index is 761. The van der Waals surface area contributed by atoms with Gasteiger partial charge in [-0.15, -0.1) is 0 Å². The fraction of sp³-hybridized carbons (Fsp3) is 0.500. The van der Waals surface area contributed by atoms with E-state index in [2.05, 4.69) is 26.1 Å². The Labute approximate surface area is 161 Å². The first kappa shape index (κ1) is 20.3. The number of methoxy groups -OCH3 is 2. The predicted molar refractivity (Wildman–Crippen MR) is 108 cm³/mol. The molecule has 0 radical (unpaired) electrons. The number of anilines is 1. The molecule has 0 saturated carbocycles. The standard InChI is InChI=1S/C20H28ClN3O2/c1-7-13(8-2)22-19-20(26-6)24-18(16(9-3)23-19)14-11-15(21)17(25-5)10-12(14)4/h10-11,13H,7-9H2,1-6H3,(H,22,23). The molecule has 0 fully saturated rings. The highest BCUT2D eigenvalue weighted by Crippen LogP contribution is 2.36. The Morgan fingerprint density at radius 2 is 1.77 bits per heavy atom. The first-order chi connectivity index (χ1) is 12.5. The largest absolute Gasteiger partial charge is 0.495 e. The van der Waals surface area contributed by atoms with Gasteiger partial charge in [-0.05, 0) is 43.9 Å². The average molecular weight is 378 g/mol. The first-order valence-electron chi connectivity index (χ1n) is 9.04. The van der Waals surface area contributed by atoms with E-state index in [0.29, 0.717) is 28.5 Å². The quantitative estimate of drug-likeness (QED) is 0.677. The number of nitrogens with one attached hydrogen (secondary N) is 1. The molecule has 0 aliphatic rings. The van der Waals surface area contributed by atoms with Gasteiger partial charge in [0.1, 0.15) is 5.75 Å². The molecule has 1 aromatic heterocycles. The van der Waals surface area contributed by atoms with E-state index in [0.717, 1.165) is 41.8 Å². The molecular formula is C20H28ClN3O2. The molecule has 0 atom stereocenters. The minimum Gasteiger partial charge on any atom is -0.495 e. The number of hydrogen-bond donors (Lipinski definition) is 1. The summed E-state index contributed by atoms with van der Waals surface area (Å²) in [4.78, 5) is 9.58. The minimum atomic E-state index is 0.339. The van der Waals surface area contributed by atoms with Crippen molar-refractivity contribution in [2.75, 3.05) is 19.5 Å². The number of hydrogen-bond acceptors (Lipinski definition) is 5. The highest BCUT2D eigenvalue weighted by Gasteiger charge is 2.19. The van der Waals surface area contributed by atoms with Crippen LogP contribution >= 0.6 is 11.6 Å². The summed E-state index contributed by atoms with van der Waals surface area (Å²) in [6.45, 7) is 8.39. The van der Waals surface area contributed by atoms with E-state index in [1.54, 1.807) is 14.2 Å². The van der Waals surface area contributed by atoms with Gasteiger partial charge in [0.2, 0.25) is 0 Å². The van der Waals surface area contributed by atoms with Gasteiger partial charge in [0.25, 0.3) is 5.88 Å². The summed E-state index contributed by atoms with van der Waals surface area (Å²) >= 11 is 6.34. The molecule has 1 N–H and O–H groups in total. The van der Waals surface area contributed by atoms with Gasteiger partial charge in [-0.3, -0.25) is 0 Å². The molecule has 2 aromatic rings. The van der Waals surface area contributed by atoms with Crippen LogP contribution in [0.4, 0.5) is 5.82 Å². The normalized spacial score (nSPS) is 10.9. The van der Waals surface area contributed by atoms with E-state index >= 15 is 0 Å². The first-order valence-corrected chi connectivity index (χ1v) is 9.42. The molecule has 0 unspecified atom stereocenters. The maximum atomic E-state index is 6.34. The van der Waals surface area contributed by atoms with Crippen LogP contribution in [0, 0.1) is 6.92 Å². The Hall–Kier alpha value is -2.01. The monoisotopic (exact) mass is 377 g/mol. The summed E-state index contributed by atoms with van der Waals surface area (Å²) in [5, 5.41) is 4.00. The summed E-state index contributed by atoms with van der Waals surface area (Å²) in [5.74, 6) is 1.84. The lowest BCUT2D eigenvalue weighted by atomic mass is 10.0. The van der Waals surface area contributed by atoms with E-state index in [-0.39, 0.29) is 0 Å². The van der Waals surface area contributed by atoms with Crippen molar-refractivity contribution in [3.8, 4) is 22.9 Å². The van der Waals surface area contributed by atoms with Crippen LogP contribution in [-0.4, -0.2) is 30.2 Å². The van der Waals surface area contributed by atoms with E-state index in [9.17, 15) is 0 Å². The molecule has 26 heavy (non-hydrogen) atoms. The molecule has 0 aliphatic heterocycles. The van der Waals surface area contributed by atoms with Crippen LogP contribution < -0.4 is 14.8 Å². The van der Waals surface area contributed by atoms with E-state index in [1.165, 1.54) is 0 Å². The lowest BCUT2D eigenvalue weighted by Gasteiger charge is -2.19. The molecule has 0 saturated heterocycles. The van der Waals surface area contributed by atoms with Crippen molar-refractivity contribution in [2.24, 2.45) is 0 Å². The fourth-order valence-corrected chi connectivity index (χ4v) is 3.15. The highest BCUT2D eigenvalue weighted by atomic mass is 35.5. The minimum absolute atomic E-state index is 0.339. The number of ether oxygens (including phenoxy) is 2. The number of aryl methyl sites for hydroxylation is 2. The smallest absolute Gasteiger partial charge is 0.257 e. The van der Waals surface area contributed by atoms with Gasteiger partial charge in [-0.2, -0.15) is 0 Å². The van der Waals surface area contributed by atoms with Crippen molar-refractivity contribution in [3.63, 3.8) is 0 Å². The molecule has 1 aromatic carbocycles. The summed E-state index contributed by atoms with van der Waals surface area (Å²) in [6.07, 6.45) is 2.78. The van der Waals surface area contributed by atoms with Crippen LogP contribution in [0.1, 0.15) is 44.9 Å². The van der Waals surface area contributed by atoms with Crippen molar-refractivity contribution in [3.05, 3.63) is 28.4 Å².